The van der Waals surface area contributed by atoms with Gasteiger partial charge in [0.25, 0.3) is 10.0 Å². The van der Waals surface area contributed by atoms with E-state index in [2.05, 4.69) is 9.93 Å². The van der Waals surface area contributed by atoms with Gasteiger partial charge in [-0.25, -0.2) is 0 Å². The van der Waals surface area contributed by atoms with Gasteiger partial charge in [0.15, 0.2) is 0 Å². The number of nitrogens with zero attached hydrogens (tertiary/aromatic N) is 1. The van der Waals surface area contributed by atoms with Crippen LogP contribution < -0.4 is 9.57 Å². The number of nitrogens with one attached hydrogen (secondary N) is 1. The number of sulfonamides is 1. The third kappa shape index (κ3) is 4.81. The SMILES string of the molecule is C/C(=N/NS(=O)(=O)c1ccc(C)cc1)c1ccc2ccccc2c1OCc1ccccc1. The van der Waals surface area contributed by atoms with Crippen LogP contribution in [-0.2, 0) is 16.6 Å². The molecule has 5 nitrogen and oxygen atoms in total. The van der Waals surface area contributed by atoms with Crippen molar-refractivity contribution in [3.63, 3.8) is 0 Å². The molecule has 0 radical (unpaired) electrons. The van der Waals surface area contributed by atoms with Gasteiger partial charge in [-0.05, 0) is 43.0 Å². The molecule has 162 valence electrons. The summed E-state index contributed by atoms with van der Waals surface area (Å²) in [4.78, 5) is 2.51. The van der Waals surface area contributed by atoms with Crippen LogP contribution >= 0.6 is 0 Å². The van der Waals surface area contributed by atoms with Crippen LogP contribution in [0.5, 0.6) is 5.75 Å². The van der Waals surface area contributed by atoms with Crippen molar-refractivity contribution in [2.24, 2.45) is 5.10 Å². The topological polar surface area (TPSA) is 67.8 Å². The molecule has 0 saturated carbocycles. The molecule has 32 heavy (non-hydrogen) atoms. The molecule has 0 aromatic heterocycles. The van der Waals surface area contributed by atoms with Gasteiger partial charge in [-0.1, -0.05) is 78.4 Å². The summed E-state index contributed by atoms with van der Waals surface area (Å²) in [6, 6.07) is 28.3. The summed E-state index contributed by atoms with van der Waals surface area (Å²) in [5, 5.41) is 6.16. The lowest BCUT2D eigenvalue weighted by atomic mass is 10.0. The zero-order valence-electron chi connectivity index (χ0n) is 17.9. The number of hydrogen-bond acceptors (Lipinski definition) is 4. The molecule has 0 fully saturated rings. The van der Waals surface area contributed by atoms with E-state index >= 15 is 0 Å². The summed E-state index contributed by atoms with van der Waals surface area (Å²) in [5.41, 5.74) is 3.27. The summed E-state index contributed by atoms with van der Waals surface area (Å²) in [6.07, 6.45) is 0. The van der Waals surface area contributed by atoms with E-state index in [0.717, 1.165) is 27.5 Å². The van der Waals surface area contributed by atoms with Gasteiger partial charge in [0.05, 0.1) is 10.6 Å². The molecule has 0 heterocycles. The van der Waals surface area contributed by atoms with E-state index in [-0.39, 0.29) is 4.90 Å². The molecule has 0 spiro atoms. The fraction of sp³-hybridized carbons (Fsp3) is 0.115. The van der Waals surface area contributed by atoms with Gasteiger partial charge in [-0.2, -0.15) is 18.4 Å². The van der Waals surface area contributed by atoms with E-state index < -0.39 is 10.0 Å². The Hall–Kier alpha value is -3.64. The van der Waals surface area contributed by atoms with Crippen molar-refractivity contribution >= 4 is 26.5 Å². The second-order valence-electron chi connectivity index (χ2n) is 7.54. The molecular formula is C26H24N2O3S. The Bertz CT molecular complexity index is 1360. The van der Waals surface area contributed by atoms with Crippen molar-refractivity contribution in [1.29, 1.82) is 0 Å². The molecule has 0 saturated heterocycles. The largest absolute Gasteiger partial charge is 0.488 e. The second kappa shape index (κ2) is 9.24. The number of hydrogen-bond donors (Lipinski definition) is 1. The molecule has 0 aliphatic heterocycles. The molecule has 0 atom stereocenters. The summed E-state index contributed by atoms with van der Waals surface area (Å²) >= 11 is 0. The van der Waals surface area contributed by atoms with Gasteiger partial charge < -0.3 is 4.74 Å². The molecule has 0 bridgehead atoms. The molecule has 1 N–H and O–H groups in total. The average Bonchev–Trinajstić information content (AvgIpc) is 2.82. The smallest absolute Gasteiger partial charge is 0.276 e. The maximum absolute atomic E-state index is 12.6. The summed E-state index contributed by atoms with van der Waals surface area (Å²) in [7, 11) is -3.77. The van der Waals surface area contributed by atoms with Gasteiger partial charge >= 0.3 is 0 Å². The number of benzene rings is 4. The first-order valence-corrected chi connectivity index (χ1v) is 11.7. The van der Waals surface area contributed by atoms with Crippen molar-refractivity contribution in [2.45, 2.75) is 25.3 Å². The number of ether oxygens (including phenoxy) is 1. The van der Waals surface area contributed by atoms with Gasteiger partial charge in [0, 0.05) is 10.9 Å². The van der Waals surface area contributed by atoms with Crippen LogP contribution in [0.3, 0.4) is 0 Å². The van der Waals surface area contributed by atoms with Crippen molar-refractivity contribution in [2.75, 3.05) is 0 Å². The van der Waals surface area contributed by atoms with Gasteiger partial charge in [0.1, 0.15) is 12.4 Å². The highest BCUT2D eigenvalue weighted by Crippen LogP contribution is 2.31. The quantitative estimate of drug-likeness (QED) is 0.305. The van der Waals surface area contributed by atoms with Crippen molar-refractivity contribution in [3.05, 3.63) is 108 Å². The third-order valence-electron chi connectivity index (χ3n) is 5.16. The molecule has 0 aliphatic carbocycles. The lowest BCUT2D eigenvalue weighted by Gasteiger charge is -2.15. The van der Waals surface area contributed by atoms with Crippen LogP contribution in [0, 0.1) is 6.92 Å². The van der Waals surface area contributed by atoms with Gasteiger partial charge in [0.2, 0.25) is 0 Å². The maximum atomic E-state index is 12.6. The summed E-state index contributed by atoms with van der Waals surface area (Å²) < 4.78 is 31.5. The molecule has 0 unspecified atom stereocenters. The predicted octanol–water partition coefficient (Wildman–Crippen LogP) is 5.43. The minimum atomic E-state index is -3.77. The minimum Gasteiger partial charge on any atom is -0.488 e. The van der Waals surface area contributed by atoms with Crippen LogP contribution in [-0.4, -0.2) is 14.1 Å². The second-order valence-corrected chi connectivity index (χ2v) is 9.20. The highest BCUT2D eigenvalue weighted by atomic mass is 32.2. The average molecular weight is 445 g/mol. The Morgan fingerprint density at radius 3 is 2.31 bits per heavy atom. The number of fused-ring (bicyclic) bond motifs is 1. The molecular weight excluding hydrogens is 420 g/mol. The molecule has 4 rings (SSSR count). The van der Waals surface area contributed by atoms with E-state index in [9.17, 15) is 8.42 Å². The third-order valence-corrected chi connectivity index (χ3v) is 6.38. The van der Waals surface area contributed by atoms with Crippen molar-refractivity contribution in [1.82, 2.24) is 4.83 Å². The Kier molecular flexibility index (Phi) is 6.23. The fourth-order valence-electron chi connectivity index (χ4n) is 3.37. The monoisotopic (exact) mass is 444 g/mol. The summed E-state index contributed by atoms with van der Waals surface area (Å²) in [5.74, 6) is 0.669. The number of aryl methyl sites for hydroxylation is 1. The lowest BCUT2D eigenvalue weighted by Crippen LogP contribution is -2.20. The molecule has 0 aliphatic rings. The maximum Gasteiger partial charge on any atom is 0.276 e. The van der Waals surface area contributed by atoms with E-state index in [1.54, 1.807) is 31.2 Å². The molecule has 0 amide bonds. The normalized spacial score (nSPS) is 12.0. The number of rotatable bonds is 7. The molecule has 4 aromatic carbocycles. The zero-order chi connectivity index (χ0) is 22.6. The first-order valence-electron chi connectivity index (χ1n) is 10.3. The first-order chi connectivity index (χ1) is 15.4. The van der Waals surface area contributed by atoms with Crippen LogP contribution in [0.4, 0.5) is 0 Å². The Balaban J connectivity index is 1.67. The minimum absolute atomic E-state index is 0.165. The zero-order valence-corrected chi connectivity index (χ0v) is 18.8. The van der Waals surface area contributed by atoms with Gasteiger partial charge in [-0.3, -0.25) is 0 Å². The van der Waals surface area contributed by atoms with E-state index in [4.69, 9.17) is 4.74 Å². The Morgan fingerprint density at radius 2 is 1.56 bits per heavy atom. The standard InChI is InChI=1S/C26H24N2O3S/c1-19-12-15-23(16-13-19)32(29,30)28-27-20(2)24-17-14-22-10-6-7-11-25(22)26(24)31-18-21-8-4-3-5-9-21/h3-17,28H,18H2,1-2H3/b27-20-. The van der Waals surface area contributed by atoms with Crippen LogP contribution in [0.15, 0.2) is 101 Å². The van der Waals surface area contributed by atoms with Crippen LogP contribution in [0.2, 0.25) is 0 Å². The molecule has 4 aromatic rings. The van der Waals surface area contributed by atoms with Crippen LogP contribution in [0.25, 0.3) is 10.8 Å². The Morgan fingerprint density at radius 1 is 0.875 bits per heavy atom. The first kappa shape index (κ1) is 21.6. The predicted molar refractivity (Wildman–Crippen MR) is 128 cm³/mol. The Labute approximate surface area is 188 Å². The van der Waals surface area contributed by atoms with E-state index in [0.29, 0.717) is 18.1 Å². The lowest BCUT2D eigenvalue weighted by molar-refractivity contribution is 0.309. The van der Waals surface area contributed by atoms with Crippen LogP contribution in [0.1, 0.15) is 23.6 Å². The van der Waals surface area contributed by atoms with Crippen molar-refractivity contribution in [3.8, 4) is 5.75 Å². The number of hydrazone groups is 1. The summed E-state index contributed by atoms with van der Waals surface area (Å²) in [6.45, 7) is 4.06. The highest BCUT2D eigenvalue weighted by Gasteiger charge is 2.15. The fourth-order valence-corrected chi connectivity index (χ4v) is 4.23. The molecule has 6 heteroatoms. The van der Waals surface area contributed by atoms with Crippen molar-refractivity contribution < 1.29 is 13.2 Å². The van der Waals surface area contributed by atoms with E-state index in [1.165, 1.54) is 0 Å². The van der Waals surface area contributed by atoms with Gasteiger partial charge in [-0.15, -0.1) is 0 Å². The van der Waals surface area contributed by atoms with E-state index in [1.807, 2.05) is 73.7 Å². The highest BCUT2D eigenvalue weighted by molar-refractivity contribution is 7.89.